The van der Waals surface area contributed by atoms with E-state index in [0.29, 0.717) is 18.9 Å². The van der Waals surface area contributed by atoms with Crippen LogP contribution in [-0.4, -0.2) is 58.8 Å². The molecule has 1 aliphatic rings. The summed E-state index contributed by atoms with van der Waals surface area (Å²) >= 11 is 0. The number of aromatic amines is 1. The van der Waals surface area contributed by atoms with Crippen molar-refractivity contribution in [2.24, 2.45) is 5.92 Å². The average molecular weight is 296 g/mol. The minimum Gasteiger partial charge on any atom is -0.480 e. The van der Waals surface area contributed by atoms with Crippen molar-refractivity contribution in [3.8, 4) is 0 Å². The molecule has 8 nitrogen and oxygen atoms in total. The molecule has 4 N–H and O–H groups in total. The molecule has 1 aliphatic heterocycles. The number of H-pyrrole nitrogens is 1. The molecule has 8 heteroatoms. The Morgan fingerprint density at radius 1 is 1.57 bits per heavy atom. The molecule has 0 radical (unpaired) electrons. The van der Waals surface area contributed by atoms with Gasteiger partial charge in [0, 0.05) is 24.4 Å². The van der Waals surface area contributed by atoms with Crippen molar-refractivity contribution in [3.05, 3.63) is 18.2 Å². The predicted molar refractivity (Wildman–Crippen MR) is 73.6 cm³/mol. The van der Waals surface area contributed by atoms with Gasteiger partial charge in [-0.2, -0.15) is 0 Å². The van der Waals surface area contributed by atoms with Crippen LogP contribution in [0, 0.1) is 5.92 Å². The number of carbonyl (C=O) groups is 2. The van der Waals surface area contributed by atoms with Crippen molar-refractivity contribution in [1.82, 2.24) is 20.6 Å². The summed E-state index contributed by atoms with van der Waals surface area (Å²) in [6, 6.07) is -1.06. The molecule has 1 fully saturated rings. The van der Waals surface area contributed by atoms with Gasteiger partial charge in [-0.1, -0.05) is 6.92 Å². The first kappa shape index (κ1) is 15.5. The number of aliphatic carboxylic acids is 1. The van der Waals surface area contributed by atoms with Crippen molar-refractivity contribution in [3.63, 3.8) is 0 Å². The molecule has 2 heterocycles. The van der Waals surface area contributed by atoms with Crippen LogP contribution in [0.3, 0.4) is 0 Å². The first-order chi connectivity index (χ1) is 10.1. The van der Waals surface area contributed by atoms with Crippen LogP contribution in [0.1, 0.15) is 12.6 Å². The van der Waals surface area contributed by atoms with Crippen LogP contribution in [0.2, 0.25) is 0 Å². The monoisotopic (exact) mass is 296 g/mol. The second kappa shape index (κ2) is 7.19. The van der Waals surface area contributed by atoms with Crippen LogP contribution in [0.25, 0.3) is 0 Å². The number of nitrogens with zero attached hydrogens (tertiary/aromatic N) is 1. The van der Waals surface area contributed by atoms with Gasteiger partial charge in [-0.05, 0) is 6.54 Å². The molecule has 0 saturated carbocycles. The van der Waals surface area contributed by atoms with E-state index < -0.39 is 12.0 Å². The lowest BCUT2D eigenvalue weighted by atomic mass is 10.0. The summed E-state index contributed by atoms with van der Waals surface area (Å²) in [5, 5.41) is 15.0. The van der Waals surface area contributed by atoms with E-state index in [1.165, 1.54) is 6.33 Å². The smallest absolute Gasteiger partial charge is 0.326 e. The van der Waals surface area contributed by atoms with E-state index in [1.54, 1.807) is 6.20 Å². The highest BCUT2D eigenvalue weighted by Crippen LogP contribution is 2.14. The van der Waals surface area contributed by atoms with Crippen LogP contribution in [-0.2, 0) is 20.7 Å². The van der Waals surface area contributed by atoms with Crippen LogP contribution in [0.5, 0.6) is 0 Å². The van der Waals surface area contributed by atoms with Gasteiger partial charge >= 0.3 is 5.97 Å². The summed E-state index contributed by atoms with van der Waals surface area (Å²) in [5.41, 5.74) is 0.661. The fourth-order valence-electron chi connectivity index (χ4n) is 2.37. The largest absolute Gasteiger partial charge is 0.480 e. The molecule has 1 aromatic rings. The minimum absolute atomic E-state index is 0.0726. The Labute approximate surface area is 122 Å². The third kappa shape index (κ3) is 4.02. The molecule has 1 aromatic heterocycles. The molecule has 2 rings (SSSR count). The van der Waals surface area contributed by atoms with Crippen LogP contribution in [0.4, 0.5) is 0 Å². The van der Waals surface area contributed by atoms with Gasteiger partial charge in [0.05, 0.1) is 25.5 Å². The molecular weight excluding hydrogens is 276 g/mol. The summed E-state index contributed by atoms with van der Waals surface area (Å²) in [5.74, 6) is -1.74. The second-order valence-electron chi connectivity index (χ2n) is 4.99. The summed E-state index contributed by atoms with van der Waals surface area (Å²) in [6.07, 6.45) is 3.19. The first-order valence-electron chi connectivity index (χ1n) is 6.93. The Kier molecular flexibility index (Phi) is 5.29. The second-order valence-corrected chi connectivity index (χ2v) is 4.99. The molecule has 2 unspecified atom stereocenters. The molecule has 21 heavy (non-hydrogen) atoms. The quantitative estimate of drug-likeness (QED) is 0.520. The predicted octanol–water partition coefficient (Wildman–Crippen LogP) is -0.854. The Bertz CT molecular complexity index is 477. The summed E-state index contributed by atoms with van der Waals surface area (Å²) in [4.78, 5) is 30.2. The number of carboxylic acid groups (broad SMARTS) is 1. The van der Waals surface area contributed by atoms with Crippen LogP contribution in [0.15, 0.2) is 12.5 Å². The maximum absolute atomic E-state index is 12.3. The van der Waals surface area contributed by atoms with E-state index in [4.69, 9.17) is 4.74 Å². The number of ether oxygens (including phenoxy) is 1. The number of imidazole rings is 1. The van der Waals surface area contributed by atoms with Gasteiger partial charge < -0.3 is 25.5 Å². The molecule has 3 atom stereocenters. The number of carbonyl (C=O) groups excluding carboxylic acids is 1. The lowest BCUT2D eigenvalue weighted by Crippen LogP contribution is -2.49. The van der Waals surface area contributed by atoms with Gasteiger partial charge in [0.1, 0.15) is 6.04 Å². The third-order valence-electron chi connectivity index (χ3n) is 3.48. The molecule has 0 aliphatic carbocycles. The number of likely N-dealkylation sites (N-methyl/N-ethyl adjacent to an activating group) is 1. The number of nitrogens with one attached hydrogen (secondary N) is 3. The van der Waals surface area contributed by atoms with E-state index in [-0.39, 0.29) is 24.3 Å². The van der Waals surface area contributed by atoms with Crippen LogP contribution < -0.4 is 10.6 Å². The van der Waals surface area contributed by atoms with Gasteiger partial charge in [-0.25, -0.2) is 9.78 Å². The zero-order valence-electron chi connectivity index (χ0n) is 11.8. The molecule has 0 aromatic carbocycles. The van der Waals surface area contributed by atoms with Gasteiger partial charge in [0.25, 0.3) is 0 Å². The van der Waals surface area contributed by atoms with Crippen molar-refractivity contribution >= 4 is 11.9 Å². The highest BCUT2D eigenvalue weighted by Gasteiger charge is 2.35. The van der Waals surface area contributed by atoms with E-state index in [2.05, 4.69) is 20.6 Å². The fourth-order valence-corrected chi connectivity index (χ4v) is 2.37. The number of hydrogen-bond donors (Lipinski definition) is 4. The SMILES string of the molecule is CCNC1COCC1C(=O)N[C@H](Cc1cnc[nH]1)C(=O)O. The lowest BCUT2D eigenvalue weighted by molar-refractivity contribution is -0.142. The highest BCUT2D eigenvalue weighted by molar-refractivity contribution is 5.85. The third-order valence-corrected chi connectivity index (χ3v) is 3.48. The van der Waals surface area contributed by atoms with Gasteiger partial charge in [-0.3, -0.25) is 4.79 Å². The van der Waals surface area contributed by atoms with Gasteiger partial charge in [0.2, 0.25) is 5.91 Å². The number of aromatic nitrogens is 2. The van der Waals surface area contributed by atoms with Crippen molar-refractivity contribution in [1.29, 1.82) is 0 Å². The summed E-state index contributed by atoms with van der Waals surface area (Å²) in [7, 11) is 0. The Hall–Kier alpha value is -1.93. The number of carboxylic acids is 1. The Morgan fingerprint density at radius 3 is 3.00 bits per heavy atom. The Balaban J connectivity index is 1.96. The van der Waals surface area contributed by atoms with E-state index in [9.17, 15) is 14.7 Å². The molecular formula is C13H20N4O4. The highest BCUT2D eigenvalue weighted by atomic mass is 16.5. The van der Waals surface area contributed by atoms with E-state index in [0.717, 1.165) is 6.54 Å². The van der Waals surface area contributed by atoms with Crippen molar-refractivity contribution < 1.29 is 19.4 Å². The molecule has 0 spiro atoms. The molecule has 1 saturated heterocycles. The average Bonchev–Trinajstić information content (AvgIpc) is 3.09. The van der Waals surface area contributed by atoms with Gasteiger partial charge in [0.15, 0.2) is 0 Å². The van der Waals surface area contributed by atoms with E-state index in [1.807, 2.05) is 6.92 Å². The number of amides is 1. The van der Waals surface area contributed by atoms with E-state index >= 15 is 0 Å². The minimum atomic E-state index is -1.07. The Morgan fingerprint density at radius 2 is 2.38 bits per heavy atom. The van der Waals surface area contributed by atoms with Crippen LogP contribution >= 0.6 is 0 Å². The van der Waals surface area contributed by atoms with Crippen molar-refractivity contribution in [2.45, 2.75) is 25.4 Å². The summed E-state index contributed by atoms with van der Waals surface area (Å²) in [6.45, 7) is 3.45. The zero-order chi connectivity index (χ0) is 15.2. The maximum atomic E-state index is 12.3. The number of rotatable bonds is 7. The summed E-state index contributed by atoms with van der Waals surface area (Å²) < 4.78 is 5.30. The number of hydrogen-bond acceptors (Lipinski definition) is 5. The fraction of sp³-hybridized carbons (Fsp3) is 0.615. The molecule has 116 valence electrons. The maximum Gasteiger partial charge on any atom is 0.326 e. The van der Waals surface area contributed by atoms with Crippen molar-refractivity contribution in [2.75, 3.05) is 19.8 Å². The molecule has 1 amide bonds. The standard InChI is InChI=1S/C13H20N4O4/c1-2-15-11-6-21-5-9(11)12(18)17-10(13(19)20)3-8-4-14-7-16-8/h4,7,9-11,15H,2-3,5-6H2,1H3,(H,14,16)(H,17,18)(H,19,20)/t9?,10-,11?/m1/s1. The first-order valence-corrected chi connectivity index (χ1v) is 6.93. The lowest BCUT2D eigenvalue weighted by Gasteiger charge is -2.20. The zero-order valence-corrected chi connectivity index (χ0v) is 11.8. The van der Waals surface area contributed by atoms with Gasteiger partial charge in [-0.15, -0.1) is 0 Å². The normalized spacial score (nSPS) is 22.9. The topological polar surface area (TPSA) is 116 Å². The molecule has 0 bridgehead atoms.